The summed E-state index contributed by atoms with van der Waals surface area (Å²) in [7, 11) is 0. The number of anilines is 2. The van der Waals surface area contributed by atoms with Crippen LogP contribution in [-0.4, -0.2) is 23.9 Å². The first-order valence-corrected chi connectivity index (χ1v) is 10.1. The Morgan fingerprint density at radius 1 is 0.679 bits per heavy atom. The molecule has 0 atom stereocenters. The lowest BCUT2D eigenvalue weighted by atomic mass is 10.00. The molecule has 28 heavy (non-hydrogen) atoms. The Bertz CT molecular complexity index is 979. The highest BCUT2D eigenvalue weighted by molar-refractivity contribution is 6.03. The molecular formula is C25H24N2O. The van der Waals surface area contributed by atoms with E-state index in [1.807, 2.05) is 17.0 Å². The van der Waals surface area contributed by atoms with Crippen molar-refractivity contribution in [3.05, 3.63) is 95.1 Å². The van der Waals surface area contributed by atoms with Gasteiger partial charge in [0.15, 0.2) is 0 Å². The maximum atomic E-state index is 13.5. The van der Waals surface area contributed by atoms with Gasteiger partial charge in [0, 0.05) is 13.1 Å². The van der Waals surface area contributed by atoms with E-state index in [4.69, 9.17) is 0 Å². The Morgan fingerprint density at radius 2 is 1.21 bits per heavy atom. The second kappa shape index (κ2) is 7.25. The first-order chi connectivity index (χ1) is 13.8. The van der Waals surface area contributed by atoms with Crippen LogP contribution in [0.4, 0.5) is 11.4 Å². The fourth-order valence-electron chi connectivity index (χ4n) is 4.50. The molecule has 0 bridgehead atoms. The van der Waals surface area contributed by atoms with E-state index < -0.39 is 0 Å². The first kappa shape index (κ1) is 17.2. The first-order valence-electron chi connectivity index (χ1n) is 10.1. The molecule has 3 aromatic rings. The molecule has 5 rings (SSSR count). The molecule has 0 spiro atoms. The molecule has 0 unspecified atom stereocenters. The van der Waals surface area contributed by atoms with Gasteiger partial charge in [-0.15, -0.1) is 0 Å². The highest BCUT2D eigenvalue weighted by Gasteiger charge is 2.27. The third-order valence-corrected chi connectivity index (χ3v) is 5.95. The lowest BCUT2D eigenvalue weighted by Crippen LogP contribution is -2.40. The minimum Gasteiger partial charge on any atom is -0.290 e. The molecule has 1 amide bonds. The van der Waals surface area contributed by atoms with E-state index in [2.05, 4.69) is 65.6 Å². The minimum absolute atomic E-state index is 0.154. The number of hydrogen-bond donors (Lipinski definition) is 0. The number of benzene rings is 3. The summed E-state index contributed by atoms with van der Waals surface area (Å²) in [6.45, 7) is 2.22. The van der Waals surface area contributed by atoms with Gasteiger partial charge in [0.2, 0.25) is 5.91 Å². The van der Waals surface area contributed by atoms with Crippen molar-refractivity contribution in [1.29, 1.82) is 0 Å². The van der Waals surface area contributed by atoms with Crippen molar-refractivity contribution >= 4 is 17.3 Å². The summed E-state index contributed by atoms with van der Waals surface area (Å²) in [5.74, 6) is 0.154. The standard InChI is InChI=1S/C25H24N2O/c28-25(18-26-16-15-19-7-1-2-10-22(19)17-26)27-23-11-5-3-8-20(23)13-14-21-9-4-6-12-24(21)27/h1-12H,13-18H2. The van der Waals surface area contributed by atoms with E-state index in [0.29, 0.717) is 6.54 Å². The molecule has 0 aliphatic carbocycles. The van der Waals surface area contributed by atoms with Crippen LogP contribution in [0, 0.1) is 0 Å². The van der Waals surface area contributed by atoms with Gasteiger partial charge in [-0.1, -0.05) is 60.7 Å². The van der Waals surface area contributed by atoms with Crippen LogP contribution in [0.2, 0.25) is 0 Å². The van der Waals surface area contributed by atoms with E-state index in [0.717, 1.165) is 43.7 Å². The molecule has 0 fully saturated rings. The molecule has 140 valence electrons. The van der Waals surface area contributed by atoms with Gasteiger partial charge in [-0.3, -0.25) is 14.6 Å². The number of aryl methyl sites for hydroxylation is 2. The minimum atomic E-state index is 0.154. The van der Waals surface area contributed by atoms with Crippen LogP contribution in [0.15, 0.2) is 72.8 Å². The van der Waals surface area contributed by atoms with Crippen molar-refractivity contribution in [1.82, 2.24) is 4.90 Å². The van der Waals surface area contributed by atoms with Crippen molar-refractivity contribution in [3.63, 3.8) is 0 Å². The summed E-state index contributed by atoms with van der Waals surface area (Å²) in [4.78, 5) is 17.8. The number of rotatable bonds is 2. The van der Waals surface area contributed by atoms with Crippen LogP contribution in [0.3, 0.4) is 0 Å². The highest BCUT2D eigenvalue weighted by atomic mass is 16.2. The van der Waals surface area contributed by atoms with Crippen LogP contribution < -0.4 is 4.90 Å². The number of fused-ring (bicyclic) bond motifs is 3. The van der Waals surface area contributed by atoms with Crippen molar-refractivity contribution in [2.45, 2.75) is 25.8 Å². The van der Waals surface area contributed by atoms with E-state index in [1.165, 1.54) is 22.3 Å². The Morgan fingerprint density at radius 3 is 1.86 bits per heavy atom. The Hall–Kier alpha value is -2.91. The van der Waals surface area contributed by atoms with Crippen LogP contribution in [-0.2, 0) is 30.6 Å². The van der Waals surface area contributed by atoms with Gasteiger partial charge in [-0.2, -0.15) is 0 Å². The number of para-hydroxylation sites is 2. The maximum Gasteiger partial charge on any atom is 0.245 e. The SMILES string of the molecule is O=C(CN1CCc2ccccc2C1)N1c2ccccc2CCc2ccccc21. The average molecular weight is 368 g/mol. The summed E-state index contributed by atoms with van der Waals surface area (Å²) in [5, 5.41) is 0. The Kier molecular flexibility index (Phi) is 4.46. The summed E-state index contributed by atoms with van der Waals surface area (Å²) in [5.41, 5.74) is 7.33. The topological polar surface area (TPSA) is 23.6 Å². The van der Waals surface area contributed by atoms with Gasteiger partial charge < -0.3 is 0 Å². The molecule has 0 N–H and O–H groups in total. The molecule has 3 aromatic carbocycles. The molecule has 0 saturated heterocycles. The second-order valence-corrected chi connectivity index (χ2v) is 7.72. The van der Waals surface area contributed by atoms with Gasteiger partial charge in [0.25, 0.3) is 0 Å². The molecule has 0 radical (unpaired) electrons. The number of carbonyl (C=O) groups is 1. The molecule has 0 aromatic heterocycles. The lowest BCUT2D eigenvalue weighted by molar-refractivity contribution is -0.119. The zero-order chi connectivity index (χ0) is 18.9. The van der Waals surface area contributed by atoms with E-state index >= 15 is 0 Å². The Labute approximate surface area is 166 Å². The van der Waals surface area contributed by atoms with Crippen LogP contribution >= 0.6 is 0 Å². The van der Waals surface area contributed by atoms with Crippen LogP contribution in [0.25, 0.3) is 0 Å². The Balaban J connectivity index is 1.46. The molecule has 0 saturated carbocycles. The summed E-state index contributed by atoms with van der Waals surface area (Å²) < 4.78 is 0. The fourth-order valence-corrected chi connectivity index (χ4v) is 4.50. The fraction of sp³-hybridized carbons (Fsp3) is 0.240. The number of amides is 1. The van der Waals surface area contributed by atoms with Gasteiger partial charge in [-0.05, 0) is 53.6 Å². The third kappa shape index (κ3) is 3.12. The van der Waals surface area contributed by atoms with Gasteiger partial charge in [-0.25, -0.2) is 0 Å². The van der Waals surface area contributed by atoms with Crippen molar-refractivity contribution in [3.8, 4) is 0 Å². The number of hydrogen-bond acceptors (Lipinski definition) is 2. The zero-order valence-electron chi connectivity index (χ0n) is 16.0. The maximum absolute atomic E-state index is 13.5. The van der Waals surface area contributed by atoms with Crippen molar-refractivity contribution in [2.24, 2.45) is 0 Å². The zero-order valence-corrected chi connectivity index (χ0v) is 16.0. The monoisotopic (exact) mass is 368 g/mol. The van der Waals surface area contributed by atoms with E-state index in [1.54, 1.807) is 0 Å². The normalized spacial score (nSPS) is 15.9. The van der Waals surface area contributed by atoms with Gasteiger partial charge in [0.1, 0.15) is 0 Å². The highest BCUT2D eigenvalue weighted by Crippen LogP contribution is 2.36. The quantitative estimate of drug-likeness (QED) is 0.664. The van der Waals surface area contributed by atoms with Crippen LogP contribution in [0.5, 0.6) is 0 Å². The summed E-state index contributed by atoms with van der Waals surface area (Å²) in [6, 6.07) is 25.2. The second-order valence-electron chi connectivity index (χ2n) is 7.72. The predicted octanol–water partition coefficient (Wildman–Crippen LogP) is 4.51. The van der Waals surface area contributed by atoms with Gasteiger partial charge in [0.05, 0.1) is 17.9 Å². The largest absolute Gasteiger partial charge is 0.290 e. The molecule has 2 aliphatic rings. The summed E-state index contributed by atoms with van der Waals surface area (Å²) >= 11 is 0. The lowest BCUT2D eigenvalue weighted by Gasteiger charge is -2.31. The van der Waals surface area contributed by atoms with Crippen molar-refractivity contribution < 1.29 is 4.79 Å². The molecule has 3 heteroatoms. The summed E-state index contributed by atoms with van der Waals surface area (Å²) in [6.07, 6.45) is 2.94. The van der Waals surface area contributed by atoms with Gasteiger partial charge >= 0.3 is 0 Å². The van der Waals surface area contributed by atoms with Crippen molar-refractivity contribution in [2.75, 3.05) is 18.0 Å². The van der Waals surface area contributed by atoms with Crippen LogP contribution in [0.1, 0.15) is 22.3 Å². The van der Waals surface area contributed by atoms with E-state index in [-0.39, 0.29) is 5.91 Å². The number of nitrogens with zero attached hydrogens (tertiary/aromatic N) is 2. The third-order valence-electron chi connectivity index (χ3n) is 5.95. The van der Waals surface area contributed by atoms with E-state index in [9.17, 15) is 4.79 Å². The smallest absolute Gasteiger partial charge is 0.245 e. The number of carbonyl (C=O) groups excluding carboxylic acids is 1. The molecule has 3 nitrogen and oxygen atoms in total. The average Bonchev–Trinajstić information content (AvgIpc) is 2.90. The molecule has 2 heterocycles. The molecular weight excluding hydrogens is 344 g/mol. The predicted molar refractivity (Wildman–Crippen MR) is 113 cm³/mol. The molecule has 2 aliphatic heterocycles.